The van der Waals surface area contributed by atoms with Crippen molar-refractivity contribution in [3.63, 3.8) is 0 Å². The van der Waals surface area contributed by atoms with Gasteiger partial charge in [0.25, 0.3) is 5.91 Å². The minimum Gasteiger partial charge on any atom is -0.465 e. The summed E-state index contributed by atoms with van der Waals surface area (Å²) in [6.07, 6.45) is 2.32. The average Bonchev–Trinajstić information content (AvgIpc) is 3.29. The fraction of sp³-hybridized carbons (Fsp3) is 0.350. The second-order valence-corrected chi connectivity index (χ2v) is 7.97. The number of esters is 1. The van der Waals surface area contributed by atoms with E-state index in [9.17, 15) is 9.59 Å². The summed E-state index contributed by atoms with van der Waals surface area (Å²) >= 11 is 1.59. The fourth-order valence-electron chi connectivity index (χ4n) is 3.43. The Balaban J connectivity index is 1.42. The van der Waals surface area contributed by atoms with Crippen LogP contribution in [0.4, 0.5) is 0 Å². The molecule has 9 heteroatoms. The van der Waals surface area contributed by atoms with Crippen LogP contribution in [0.1, 0.15) is 44.4 Å². The summed E-state index contributed by atoms with van der Waals surface area (Å²) < 4.78 is 6.78. The van der Waals surface area contributed by atoms with E-state index in [1.165, 1.54) is 7.11 Å². The summed E-state index contributed by atoms with van der Waals surface area (Å²) in [5.74, 6) is 1.13. The maximum Gasteiger partial charge on any atom is 0.337 e. The zero-order valence-corrected chi connectivity index (χ0v) is 17.0. The van der Waals surface area contributed by atoms with Crippen LogP contribution < -0.4 is 5.32 Å². The van der Waals surface area contributed by atoms with Crippen LogP contribution in [0, 0.1) is 6.92 Å². The number of carbonyl (C=O) groups is 2. The minimum absolute atomic E-state index is 0.0366. The lowest BCUT2D eigenvalue weighted by atomic mass is 10.1. The highest BCUT2D eigenvalue weighted by Gasteiger charge is 2.23. The topological polar surface area (TPSA) is 99.0 Å². The molecule has 0 fully saturated rings. The number of methoxy groups -OCH3 is 1. The zero-order chi connectivity index (χ0) is 20.4. The van der Waals surface area contributed by atoms with Crippen molar-refractivity contribution in [2.75, 3.05) is 7.11 Å². The SMILES string of the molecule is COC(=O)c1ccc(C(=O)NC2CCc3nnc(-c4csc(C)n4)n3CC2)cc1. The molecule has 3 aromatic rings. The molecule has 1 amide bonds. The summed E-state index contributed by atoms with van der Waals surface area (Å²) in [5.41, 5.74) is 1.78. The summed E-state index contributed by atoms with van der Waals surface area (Å²) in [4.78, 5) is 28.6. The molecular weight excluding hydrogens is 390 g/mol. The van der Waals surface area contributed by atoms with E-state index in [-0.39, 0.29) is 11.9 Å². The number of nitrogens with one attached hydrogen (secondary N) is 1. The van der Waals surface area contributed by atoms with E-state index in [0.717, 1.165) is 48.2 Å². The van der Waals surface area contributed by atoms with E-state index in [0.29, 0.717) is 11.1 Å². The fourth-order valence-corrected chi connectivity index (χ4v) is 4.02. The predicted molar refractivity (Wildman–Crippen MR) is 108 cm³/mol. The number of aromatic nitrogens is 4. The van der Waals surface area contributed by atoms with Gasteiger partial charge in [-0.15, -0.1) is 21.5 Å². The Morgan fingerprint density at radius 2 is 1.93 bits per heavy atom. The predicted octanol–water partition coefficient (Wildman–Crippen LogP) is 2.63. The second kappa shape index (κ2) is 8.12. The molecule has 8 nitrogen and oxygen atoms in total. The molecule has 150 valence electrons. The molecule has 1 aliphatic rings. The van der Waals surface area contributed by atoms with Gasteiger partial charge in [0.05, 0.1) is 17.7 Å². The highest BCUT2D eigenvalue weighted by molar-refractivity contribution is 7.09. The van der Waals surface area contributed by atoms with Gasteiger partial charge in [-0.05, 0) is 44.0 Å². The monoisotopic (exact) mass is 411 g/mol. The van der Waals surface area contributed by atoms with Crippen molar-refractivity contribution in [1.29, 1.82) is 0 Å². The van der Waals surface area contributed by atoms with Crippen molar-refractivity contribution in [1.82, 2.24) is 25.1 Å². The lowest BCUT2D eigenvalue weighted by Crippen LogP contribution is -2.35. The number of nitrogens with zero attached hydrogens (tertiary/aromatic N) is 4. The van der Waals surface area contributed by atoms with Crippen LogP contribution in [0.2, 0.25) is 0 Å². The van der Waals surface area contributed by atoms with Gasteiger partial charge in [-0.25, -0.2) is 9.78 Å². The van der Waals surface area contributed by atoms with E-state index < -0.39 is 5.97 Å². The quantitative estimate of drug-likeness (QED) is 0.663. The molecule has 1 N–H and O–H groups in total. The number of fused-ring (bicyclic) bond motifs is 1. The molecule has 0 spiro atoms. The average molecular weight is 411 g/mol. The Bertz CT molecular complexity index is 1040. The summed E-state index contributed by atoms with van der Waals surface area (Å²) in [6, 6.07) is 6.50. The van der Waals surface area contributed by atoms with Crippen molar-refractivity contribution in [2.45, 2.75) is 38.8 Å². The Labute approximate surface area is 171 Å². The first-order valence-corrected chi connectivity index (χ1v) is 10.3. The molecule has 0 aliphatic carbocycles. The van der Waals surface area contributed by atoms with E-state index in [1.54, 1.807) is 35.6 Å². The van der Waals surface area contributed by atoms with Crippen molar-refractivity contribution in [3.8, 4) is 11.5 Å². The molecule has 29 heavy (non-hydrogen) atoms. The van der Waals surface area contributed by atoms with E-state index in [1.807, 2.05) is 12.3 Å². The Morgan fingerprint density at radius 1 is 1.17 bits per heavy atom. The van der Waals surface area contributed by atoms with Gasteiger partial charge in [-0.2, -0.15) is 0 Å². The smallest absolute Gasteiger partial charge is 0.337 e. The standard InChI is InChI=1S/C20H21N5O3S/c1-12-21-16(11-29-12)18-24-23-17-8-7-15(9-10-25(17)18)22-19(26)13-3-5-14(6-4-13)20(27)28-2/h3-6,11,15H,7-10H2,1-2H3,(H,22,26). The summed E-state index contributed by atoms with van der Waals surface area (Å²) in [6.45, 7) is 2.69. The van der Waals surface area contributed by atoms with Crippen molar-refractivity contribution in [3.05, 3.63) is 51.6 Å². The first kappa shape index (κ1) is 19.3. The Hall–Kier alpha value is -3.07. The number of hydrogen-bond donors (Lipinski definition) is 1. The van der Waals surface area contributed by atoms with E-state index in [2.05, 4.69) is 29.8 Å². The number of amides is 1. The lowest BCUT2D eigenvalue weighted by Gasteiger charge is -2.16. The summed E-state index contributed by atoms with van der Waals surface area (Å²) in [5, 5.41) is 14.7. The molecule has 1 aliphatic heterocycles. The van der Waals surface area contributed by atoms with Crippen LogP contribution in [-0.2, 0) is 17.7 Å². The van der Waals surface area contributed by atoms with Gasteiger partial charge in [0.15, 0.2) is 5.82 Å². The number of hydrogen-bond acceptors (Lipinski definition) is 7. The van der Waals surface area contributed by atoms with Gasteiger partial charge in [0, 0.05) is 30.0 Å². The van der Waals surface area contributed by atoms with Gasteiger partial charge in [-0.3, -0.25) is 4.79 Å². The normalized spacial score (nSPS) is 16.0. The van der Waals surface area contributed by atoms with E-state index >= 15 is 0 Å². The molecule has 1 unspecified atom stereocenters. The highest BCUT2D eigenvalue weighted by Crippen LogP contribution is 2.24. The zero-order valence-electron chi connectivity index (χ0n) is 16.2. The second-order valence-electron chi connectivity index (χ2n) is 6.91. The molecule has 3 heterocycles. The minimum atomic E-state index is -0.421. The van der Waals surface area contributed by atoms with Crippen LogP contribution in [0.3, 0.4) is 0 Å². The van der Waals surface area contributed by atoms with Crippen LogP contribution in [0.5, 0.6) is 0 Å². The highest BCUT2D eigenvalue weighted by atomic mass is 32.1. The number of thiazole rings is 1. The maximum absolute atomic E-state index is 12.6. The first-order chi connectivity index (χ1) is 14.0. The van der Waals surface area contributed by atoms with Crippen LogP contribution in [0.15, 0.2) is 29.6 Å². The third kappa shape index (κ3) is 4.04. The van der Waals surface area contributed by atoms with Gasteiger partial charge in [0.2, 0.25) is 0 Å². The van der Waals surface area contributed by atoms with Gasteiger partial charge in [-0.1, -0.05) is 0 Å². The van der Waals surface area contributed by atoms with Crippen LogP contribution >= 0.6 is 11.3 Å². The third-order valence-corrected chi connectivity index (χ3v) is 5.77. The molecule has 0 radical (unpaired) electrons. The van der Waals surface area contributed by atoms with E-state index in [4.69, 9.17) is 0 Å². The van der Waals surface area contributed by atoms with Gasteiger partial charge < -0.3 is 14.6 Å². The maximum atomic E-state index is 12.6. The van der Waals surface area contributed by atoms with Gasteiger partial charge in [0.1, 0.15) is 11.5 Å². The molecule has 4 rings (SSSR count). The molecule has 1 atom stereocenters. The number of carbonyl (C=O) groups excluding carboxylic acids is 2. The number of aryl methyl sites for hydroxylation is 2. The molecular formula is C20H21N5O3S. The molecule has 0 saturated heterocycles. The molecule has 0 saturated carbocycles. The number of ether oxygens (including phenoxy) is 1. The Kier molecular flexibility index (Phi) is 5.39. The lowest BCUT2D eigenvalue weighted by molar-refractivity contribution is 0.0600. The molecule has 2 aromatic heterocycles. The third-order valence-electron chi connectivity index (χ3n) is 5.00. The Morgan fingerprint density at radius 3 is 2.62 bits per heavy atom. The van der Waals surface area contributed by atoms with Crippen molar-refractivity contribution < 1.29 is 14.3 Å². The van der Waals surface area contributed by atoms with Crippen molar-refractivity contribution >= 4 is 23.2 Å². The van der Waals surface area contributed by atoms with Gasteiger partial charge >= 0.3 is 5.97 Å². The first-order valence-electron chi connectivity index (χ1n) is 9.39. The number of benzene rings is 1. The largest absolute Gasteiger partial charge is 0.465 e. The summed E-state index contributed by atoms with van der Waals surface area (Å²) in [7, 11) is 1.33. The van der Waals surface area contributed by atoms with Crippen LogP contribution in [-0.4, -0.2) is 44.8 Å². The molecule has 1 aromatic carbocycles. The molecule has 0 bridgehead atoms. The number of rotatable bonds is 4. The van der Waals surface area contributed by atoms with Crippen LogP contribution in [0.25, 0.3) is 11.5 Å². The van der Waals surface area contributed by atoms with Crippen molar-refractivity contribution in [2.24, 2.45) is 0 Å².